The zero-order valence-electron chi connectivity index (χ0n) is 65.3. The smallest absolute Gasteiger partial charge is 0.233 e. The van der Waals surface area contributed by atoms with E-state index in [1.165, 1.54) is 138 Å². The molecular formula is C86H95F3N2O30S2. The Balaban J connectivity index is 0.000000212. The van der Waals surface area contributed by atoms with Crippen LogP contribution in [0.2, 0.25) is 0 Å². The van der Waals surface area contributed by atoms with E-state index in [1.807, 2.05) is 6.07 Å². The van der Waals surface area contributed by atoms with E-state index >= 15 is 0 Å². The van der Waals surface area contributed by atoms with Gasteiger partial charge in [0, 0.05) is 22.5 Å². The minimum Gasteiger partial charge on any atom is -0.508 e. The third-order valence-electron chi connectivity index (χ3n) is 23.3. The van der Waals surface area contributed by atoms with Crippen LogP contribution in [0.5, 0.6) is 11.5 Å². The molecule has 14 rings (SSSR count). The Morgan fingerprint density at radius 3 is 1.03 bits per heavy atom. The fraction of sp³-hybridized carbons (Fsp3) is 0.419. The number of aliphatic hydroxyl groups is 16. The molecule has 8 aromatic carbocycles. The molecule has 0 aromatic heterocycles. The van der Waals surface area contributed by atoms with Crippen LogP contribution in [0.4, 0.5) is 24.5 Å². The molecule has 6 aliphatic rings. The second-order valence-electron chi connectivity index (χ2n) is 31.1. The number of anilines is 2. The number of β-lactam (4-membered cyclic amide) rings is 2. The van der Waals surface area contributed by atoms with Gasteiger partial charge in [-0.25, -0.2) is 30.0 Å². The molecule has 123 heavy (non-hydrogen) atoms. The van der Waals surface area contributed by atoms with Gasteiger partial charge in [-0.1, -0.05) is 91.0 Å². The van der Waals surface area contributed by atoms with Crippen LogP contribution in [0, 0.1) is 29.3 Å². The first-order valence-corrected chi connectivity index (χ1v) is 42.8. The van der Waals surface area contributed by atoms with Crippen molar-refractivity contribution in [2.24, 2.45) is 11.8 Å². The van der Waals surface area contributed by atoms with Gasteiger partial charge in [-0.3, -0.25) is 9.59 Å². The number of aliphatic hydroxyl groups excluding tert-OH is 16. The number of hydrogen-bond acceptors (Lipinski definition) is 30. The topological polar surface area (TPSA) is 528 Å². The predicted molar refractivity (Wildman–Crippen MR) is 425 cm³/mol. The highest BCUT2D eigenvalue weighted by atomic mass is 32.2. The Kier molecular flexibility index (Phi) is 29.0. The van der Waals surface area contributed by atoms with Gasteiger partial charge in [0.05, 0.1) is 83.9 Å². The SMILES string of the molecule is O=C1[C@H](CC[C@H](O)c2ccc(F)cc2)[C@@H](c2ccc(-c3ccc(S(=O)(=O)C[C@@H]4O[C@H](CO)C(O[C@@H]5O[C@H](CO)[C@@H](O)[C@H](O)[C@H]5O)[C@H](O)[C@H]4O)cc3)cc2O)N1c1ccc(F)cc1.O=C1[C@H](CC[C@H](O)c2ccc(F)cc2)[C@@H](c2ccc(-c3ccc(S(=O)(=O)C[C@@H]4O[C@H](CO)C(O[C@@H]5O[C@H](CO)[C@@H](O)[C@H](O)[C@H]5O)[C@H](O)[C@H]4O)cc3)cc2O)N1c1ccccc1. The Hall–Kier alpha value is -8.89. The van der Waals surface area contributed by atoms with Crippen LogP contribution in [0.25, 0.3) is 22.3 Å². The Morgan fingerprint density at radius 1 is 0.366 bits per heavy atom. The minimum atomic E-state index is -4.24. The van der Waals surface area contributed by atoms with Gasteiger partial charge >= 0.3 is 0 Å². The molecule has 2 unspecified atom stereocenters. The number of hydrogen-bond donors (Lipinski definition) is 18. The van der Waals surface area contributed by atoms with Crippen LogP contribution in [-0.4, -0.2) is 281 Å². The third kappa shape index (κ3) is 19.6. The number of sulfone groups is 2. The zero-order valence-corrected chi connectivity index (χ0v) is 66.9. The summed E-state index contributed by atoms with van der Waals surface area (Å²) < 4.78 is 128. The number of para-hydroxylation sites is 1. The average Bonchev–Trinajstić information content (AvgIpc) is 0.737. The summed E-state index contributed by atoms with van der Waals surface area (Å²) in [7, 11) is -8.46. The van der Waals surface area contributed by atoms with Gasteiger partial charge in [0.15, 0.2) is 32.3 Å². The summed E-state index contributed by atoms with van der Waals surface area (Å²) in [5.41, 5.74) is 4.86. The maximum atomic E-state index is 13.8. The monoisotopic (exact) mass is 1760 g/mol. The molecule has 37 heteroatoms. The van der Waals surface area contributed by atoms with Crippen LogP contribution in [-0.2, 0) is 57.7 Å². The van der Waals surface area contributed by atoms with E-state index in [1.54, 1.807) is 53.4 Å². The number of amides is 2. The first-order valence-electron chi connectivity index (χ1n) is 39.5. The van der Waals surface area contributed by atoms with Crippen molar-refractivity contribution in [3.05, 3.63) is 228 Å². The number of rotatable bonds is 28. The van der Waals surface area contributed by atoms with Gasteiger partial charge in [-0.2, -0.15) is 0 Å². The number of carbonyl (C=O) groups is 2. The second kappa shape index (κ2) is 38.9. The van der Waals surface area contributed by atoms with Crippen LogP contribution >= 0.6 is 0 Å². The Labute approximate surface area is 702 Å². The molecule has 0 spiro atoms. The summed E-state index contributed by atoms with van der Waals surface area (Å²) in [6.45, 7) is -3.20. The lowest BCUT2D eigenvalue weighted by Gasteiger charge is -2.48. The summed E-state index contributed by atoms with van der Waals surface area (Å²) >= 11 is 0. The molecule has 0 aliphatic carbocycles. The fourth-order valence-corrected chi connectivity index (χ4v) is 19.3. The summed E-state index contributed by atoms with van der Waals surface area (Å²) in [5.74, 6) is -5.15. The highest BCUT2D eigenvalue weighted by molar-refractivity contribution is 7.91. The number of aromatic hydroxyl groups is 2. The van der Waals surface area contributed by atoms with Gasteiger partial charge in [-0.15, -0.1) is 0 Å². The molecule has 6 saturated heterocycles. The van der Waals surface area contributed by atoms with Crippen molar-refractivity contribution in [3.63, 3.8) is 0 Å². The second-order valence-corrected chi connectivity index (χ2v) is 35.2. The van der Waals surface area contributed by atoms with Crippen LogP contribution < -0.4 is 9.80 Å². The molecule has 0 saturated carbocycles. The van der Waals surface area contributed by atoms with E-state index in [9.17, 15) is 132 Å². The number of halogens is 3. The lowest BCUT2D eigenvalue weighted by molar-refractivity contribution is -0.341. The van der Waals surface area contributed by atoms with Gasteiger partial charge in [-0.05, 0) is 156 Å². The molecule has 6 aliphatic heterocycles. The maximum absolute atomic E-state index is 13.8. The van der Waals surface area contributed by atoms with Crippen molar-refractivity contribution < 1.29 is 160 Å². The first kappa shape index (κ1) is 91.8. The molecule has 0 radical (unpaired) electrons. The Bertz CT molecular complexity index is 5150. The highest BCUT2D eigenvalue weighted by Gasteiger charge is 2.55. The van der Waals surface area contributed by atoms with E-state index < -0.39 is 234 Å². The van der Waals surface area contributed by atoms with E-state index in [0.29, 0.717) is 55.9 Å². The summed E-state index contributed by atoms with van der Waals surface area (Å²) in [4.78, 5) is 29.8. The van der Waals surface area contributed by atoms with E-state index in [-0.39, 0.29) is 58.8 Å². The molecule has 6 fully saturated rings. The van der Waals surface area contributed by atoms with E-state index in [2.05, 4.69) is 0 Å². The summed E-state index contributed by atoms with van der Waals surface area (Å²) in [6.07, 6.45) is -34.8. The van der Waals surface area contributed by atoms with Crippen molar-refractivity contribution >= 4 is 42.9 Å². The lowest BCUT2D eigenvalue weighted by atomic mass is 9.77. The number of carbonyl (C=O) groups excluding carboxylic acids is 2. The number of nitrogens with zero attached hydrogens (tertiary/aromatic N) is 2. The number of benzene rings is 8. The Morgan fingerprint density at radius 2 is 0.691 bits per heavy atom. The third-order valence-corrected chi connectivity index (χ3v) is 26.9. The molecule has 26 atom stereocenters. The molecular weight excluding hydrogens is 1660 g/mol. The predicted octanol–water partition coefficient (Wildman–Crippen LogP) is 1.85. The van der Waals surface area contributed by atoms with E-state index in [4.69, 9.17) is 28.4 Å². The summed E-state index contributed by atoms with van der Waals surface area (Å²) in [6, 6.07) is 44.7. The quantitative estimate of drug-likeness (QED) is 0.0311. The normalized spacial score (nSPS) is 31.0. The van der Waals surface area contributed by atoms with Gasteiger partial charge in [0.1, 0.15) is 139 Å². The van der Waals surface area contributed by atoms with Crippen LogP contribution in [0.1, 0.15) is 72.2 Å². The highest BCUT2D eigenvalue weighted by Crippen LogP contribution is 2.52. The van der Waals surface area contributed by atoms with Crippen LogP contribution in [0.15, 0.2) is 198 Å². The van der Waals surface area contributed by atoms with E-state index in [0.717, 1.165) is 0 Å². The zero-order chi connectivity index (χ0) is 88.4. The largest absolute Gasteiger partial charge is 0.508 e. The number of phenolic OH excluding ortho intramolecular Hbond substituents is 2. The standard InChI is InChI=1S/C43H47F2NO15S.C43H48FNO15S/c44-24-6-1-22(2-7-24)30(49)16-15-29-35(46(42(29)56)26-10-8-25(45)9-11-26)28-14-5-23(17-31(28)50)21-3-12-27(13-4-21)62(57,58)20-34-37(52)39(54)41(33(19-48)59-34)61-43-40(55)38(53)36(51)32(18-47)60-43;44-25-11-6-23(7-12-25)30(48)17-16-29-35(45(42(29)55)26-4-2-1-3-5-26)28-15-10-24(18-31(28)49)22-8-13-27(14-9-22)61(56,57)21-34-37(51)39(53)41(33(20-47)58-34)60-43-40(54)38(52)36(50)32(19-46)59-43/h1-14,17,29-30,32-41,43,47-55H,15-16,18-20H2;1-15,18,29-30,32-41,43,46-54H,16-17,19-21H2/t2*29-,30+,32-,33-,34+,35-,36-,37+,38+,39-,40-,41?,43+/m11/s1. The van der Waals surface area contributed by atoms with Crippen molar-refractivity contribution in [3.8, 4) is 33.8 Å². The fourth-order valence-electron chi connectivity index (χ4n) is 16.4. The van der Waals surface area contributed by atoms with Gasteiger partial charge < -0.3 is 130 Å². The van der Waals surface area contributed by atoms with Gasteiger partial charge in [0.25, 0.3) is 0 Å². The summed E-state index contributed by atoms with van der Waals surface area (Å²) in [5, 5.41) is 188. The van der Waals surface area contributed by atoms with Crippen molar-refractivity contribution in [1.29, 1.82) is 0 Å². The molecule has 32 nitrogen and oxygen atoms in total. The van der Waals surface area contributed by atoms with Crippen molar-refractivity contribution in [2.75, 3.05) is 47.7 Å². The molecule has 6 heterocycles. The maximum Gasteiger partial charge on any atom is 0.233 e. The van der Waals surface area contributed by atoms with Crippen LogP contribution in [0.3, 0.4) is 0 Å². The first-order chi connectivity index (χ1) is 58.6. The van der Waals surface area contributed by atoms with Crippen molar-refractivity contribution in [1.82, 2.24) is 0 Å². The number of phenols is 2. The average molecular weight is 1760 g/mol. The minimum absolute atomic E-state index is 0.119. The molecule has 18 N–H and O–H groups in total. The molecule has 662 valence electrons. The molecule has 0 bridgehead atoms. The molecule has 8 aromatic rings. The molecule has 2 amide bonds. The number of ether oxygens (including phenoxy) is 6. The lowest BCUT2D eigenvalue weighted by Crippen LogP contribution is -2.65. The van der Waals surface area contributed by atoms with Crippen molar-refractivity contribution in [2.45, 2.75) is 182 Å². The van der Waals surface area contributed by atoms with Gasteiger partial charge in [0.2, 0.25) is 11.8 Å².